The summed E-state index contributed by atoms with van der Waals surface area (Å²) in [4.78, 5) is 19.9. The highest BCUT2D eigenvalue weighted by molar-refractivity contribution is 5.85. The highest BCUT2D eigenvalue weighted by Gasteiger charge is 2.27. The maximum Gasteiger partial charge on any atom is 0.354 e. The number of carbonyl (C=O) groups is 1. The summed E-state index contributed by atoms with van der Waals surface area (Å²) in [5.74, 6) is -2.46. The highest BCUT2D eigenvalue weighted by Crippen LogP contribution is 2.31. The molecule has 1 N–H and O–H groups in total. The van der Waals surface area contributed by atoms with Crippen LogP contribution in [0.15, 0.2) is 54.6 Å². The number of carboxylic acids is 1. The molecule has 0 spiro atoms. The van der Waals surface area contributed by atoms with Gasteiger partial charge in [0.1, 0.15) is 17.3 Å². The van der Waals surface area contributed by atoms with E-state index in [1.165, 1.54) is 18.2 Å². The fourth-order valence-corrected chi connectivity index (χ4v) is 2.66. The van der Waals surface area contributed by atoms with E-state index in [0.717, 1.165) is 6.07 Å². The average molecular weight is 354 g/mol. The van der Waals surface area contributed by atoms with Gasteiger partial charge in [0, 0.05) is 17.0 Å². The molecule has 3 aromatic rings. The fourth-order valence-electron chi connectivity index (χ4n) is 2.66. The van der Waals surface area contributed by atoms with Crippen molar-refractivity contribution >= 4 is 5.97 Å². The van der Waals surface area contributed by atoms with Gasteiger partial charge in [-0.3, -0.25) is 4.98 Å². The lowest BCUT2D eigenvalue weighted by Crippen LogP contribution is -2.23. The molecule has 3 rings (SSSR count). The number of benzene rings is 1. The molecule has 132 valence electrons. The molecule has 2 heterocycles. The van der Waals surface area contributed by atoms with Gasteiger partial charge >= 0.3 is 5.97 Å². The molecule has 0 saturated heterocycles. The lowest BCUT2D eigenvalue weighted by Gasteiger charge is -2.24. The molecule has 0 saturated carbocycles. The molecule has 0 bridgehead atoms. The van der Waals surface area contributed by atoms with E-state index in [1.54, 1.807) is 30.3 Å². The number of rotatable bonds is 4. The van der Waals surface area contributed by atoms with Gasteiger partial charge in [0.25, 0.3) is 0 Å². The van der Waals surface area contributed by atoms with Crippen molar-refractivity contribution in [1.29, 1.82) is 0 Å². The van der Waals surface area contributed by atoms with Gasteiger partial charge in [-0.25, -0.2) is 18.6 Å². The topological polar surface area (TPSA) is 63.1 Å². The van der Waals surface area contributed by atoms with Crippen LogP contribution in [0.3, 0.4) is 0 Å². The van der Waals surface area contributed by atoms with E-state index < -0.39 is 23.0 Å². The van der Waals surface area contributed by atoms with Crippen LogP contribution in [0.2, 0.25) is 0 Å². The van der Waals surface area contributed by atoms with Gasteiger partial charge < -0.3 is 5.11 Å². The van der Waals surface area contributed by atoms with Gasteiger partial charge in [0.15, 0.2) is 0 Å². The summed E-state index contributed by atoms with van der Waals surface area (Å²) < 4.78 is 27.2. The Morgan fingerprint density at radius 2 is 1.62 bits per heavy atom. The van der Waals surface area contributed by atoms with Crippen molar-refractivity contribution in [2.24, 2.45) is 0 Å². The zero-order valence-electron chi connectivity index (χ0n) is 14.2. The summed E-state index contributed by atoms with van der Waals surface area (Å²) in [7, 11) is 0. The molecule has 2 aromatic heterocycles. The minimum absolute atomic E-state index is 0.0590. The molecule has 6 heteroatoms. The molecule has 0 aliphatic heterocycles. The van der Waals surface area contributed by atoms with E-state index in [2.05, 4.69) is 9.97 Å². The van der Waals surface area contributed by atoms with Crippen LogP contribution in [0.25, 0.3) is 11.3 Å². The van der Waals surface area contributed by atoms with Crippen LogP contribution in [0.1, 0.15) is 35.7 Å². The van der Waals surface area contributed by atoms with Crippen molar-refractivity contribution in [2.75, 3.05) is 0 Å². The molecule has 0 fully saturated rings. The Labute approximate surface area is 149 Å². The normalized spacial score (nSPS) is 11.4. The highest BCUT2D eigenvalue weighted by atomic mass is 19.1. The third-order valence-corrected chi connectivity index (χ3v) is 4.21. The van der Waals surface area contributed by atoms with Crippen molar-refractivity contribution in [1.82, 2.24) is 9.97 Å². The molecule has 0 aliphatic carbocycles. The first-order chi connectivity index (χ1) is 12.3. The second-order valence-corrected chi connectivity index (χ2v) is 6.37. The Hall–Kier alpha value is -3.15. The third kappa shape index (κ3) is 3.31. The Morgan fingerprint density at radius 3 is 2.27 bits per heavy atom. The second kappa shape index (κ2) is 6.63. The van der Waals surface area contributed by atoms with Gasteiger partial charge in [-0.2, -0.15) is 0 Å². The molecule has 4 nitrogen and oxygen atoms in total. The molecule has 26 heavy (non-hydrogen) atoms. The quantitative estimate of drug-likeness (QED) is 0.752. The maximum atomic E-state index is 14.1. The predicted molar refractivity (Wildman–Crippen MR) is 92.9 cm³/mol. The maximum absolute atomic E-state index is 14.1. The zero-order chi connectivity index (χ0) is 18.9. The van der Waals surface area contributed by atoms with Gasteiger partial charge in [-0.1, -0.05) is 12.1 Å². The van der Waals surface area contributed by atoms with Gasteiger partial charge in [0.05, 0.1) is 17.1 Å². The first-order valence-corrected chi connectivity index (χ1v) is 7.93. The van der Waals surface area contributed by atoms with Crippen LogP contribution in [-0.4, -0.2) is 21.0 Å². The van der Waals surface area contributed by atoms with Crippen LogP contribution >= 0.6 is 0 Å². The fraction of sp³-hybridized carbons (Fsp3) is 0.150. The van der Waals surface area contributed by atoms with Crippen LogP contribution in [-0.2, 0) is 5.41 Å². The summed E-state index contributed by atoms with van der Waals surface area (Å²) in [6.45, 7) is 3.71. The summed E-state index contributed by atoms with van der Waals surface area (Å²) in [6, 6.07) is 13.2. The van der Waals surface area contributed by atoms with Gasteiger partial charge in [-0.05, 0) is 50.2 Å². The smallest absolute Gasteiger partial charge is 0.354 e. The predicted octanol–water partition coefficient (Wildman–Crippen LogP) is 4.45. The Balaban J connectivity index is 2.06. The van der Waals surface area contributed by atoms with Crippen molar-refractivity contribution in [3.05, 3.63) is 83.3 Å². The number of hydrogen-bond acceptors (Lipinski definition) is 3. The van der Waals surface area contributed by atoms with Crippen LogP contribution in [0, 0.1) is 11.6 Å². The van der Waals surface area contributed by atoms with E-state index in [9.17, 15) is 13.6 Å². The molecule has 0 radical (unpaired) electrons. The number of aromatic nitrogens is 2. The lowest BCUT2D eigenvalue weighted by atomic mass is 9.84. The van der Waals surface area contributed by atoms with E-state index in [0.29, 0.717) is 17.1 Å². The molecule has 0 amide bonds. The van der Waals surface area contributed by atoms with Crippen LogP contribution in [0.4, 0.5) is 8.78 Å². The van der Waals surface area contributed by atoms with Gasteiger partial charge in [0.2, 0.25) is 0 Å². The largest absolute Gasteiger partial charge is 0.477 e. The monoisotopic (exact) mass is 354 g/mol. The van der Waals surface area contributed by atoms with Crippen molar-refractivity contribution in [3.63, 3.8) is 0 Å². The number of pyridine rings is 2. The van der Waals surface area contributed by atoms with Crippen molar-refractivity contribution < 1.29 is 18.7 Å². The van der Waals surface area contributed by atoms with E-state index in [1.807, 2.05) is 13.8 Å². The third-order valence-electron chi connectivity index (χ3n) is 4.21. The van der Waals surface area contributed by atoms with Crippen molar-refractivity contribution in [2.45, 2.75) is 19.3 Å². The van der Waals surface area contributed by atoms with Crippen LogP contribution < -0.4 is 0 Å². The first-order valence-electron chi connectivity index (χ1n) is 7.93. The Bertz CT molecular complexity index is 987. The minimum Gasteiger partial charge on any atom is -0.477 e. The first kappa shape index (κ1) is 17.7. The number of halogens is 2. The number of carboxylic acid groups (broad SMARTS) is 1. The lowest BCUT2D eigenvalue weighted by molar-refractivity contribution is 0.0690. The Kier molecular flexibility index (Phi) is 4.50. The molecule has 1 aromatic carbocycles. The summed E-state index contributed by atoms with van der Waals surface area (Å²) in [5.41, 5.74) is 0.906. The standard InChI is InChI=1S/C20H16F2N2O2/c1-20(2,18-8-4-6-16(24-18)19(25)26)17-7-3-5-15(23-17)13-10-9-12(21)11-14(13)22/h3-11H,1-2H3,(H,25,26). The van der Waals surface area contributed by atoms with E-state index in [4.69, 9.17) is 5.11 Å². The average Bonchev–Trinajstić information content (AvgIpc) is 2.62. The van der Waals surface area contributed by atoms with Crippen molar-refractivity contribution in [3.8, 4) is 11.3 Å². The summed E-state index contributed by atoms with van der Waals surface area (Å²) in [5, 5.41) is 9.14. The Morgan fingerprint density at radius 1 is 0.962 bits per heavy atom. The minimum atomic E-state index is -1.11. The number of aromatic carboxylic acids is 1. The van der Waals surface area contributed by atoms with E-state index >= 15 is 0 Å². The summed E-state index contributed by atoms with van der Waals surface area (Å²) >= 11 is 0. The number of nitrogens with zero attached hydrogens (tertiary/aromatic N) is 2. The molecular weight excluding hydrogens is 338 g/mol. The van der Waals surface area contributed by atoms with E-state index in [-0.39, 0.29) is 11.3 Å². The number of hydrogen-bond donors (Lipinski definition) is 1. The zero-order valence-corrected chi connectivity index (χ0v) is 14.2. The SMILES string of the molecule is CC(C)(c1cccc(C(=O)O)n1)c1cccc(-c2ccc(F)cc2F)n1. The summed E-state index contributed by atoms with van der Waals surface area (Å²) in [6.07, 6.45) is 0. The van der Waals surface area contributed by atoms with Crippen LogP contribution in [0.5, 0.6) is 0 Å². The molecule has 0 atom stereocenters. The second-order valence-electron chi connectivity index (χ2n) is 6.37. The van der Waals surface area contributed by atoms with Gasteiger partial charge in [-0.15, -0.1) is 0 Å². The molecule has 0 aliphatic rings. The molecule has 0 unspecified atom stereocenters. The molecular formula is C20H16F2N2O2.